The normalized spacial score (nSPS) is 17.9. The second-order valence-electron chi connectivity index (χ2n) is 5.48. The molecule has 21 heavy (non-hydrogen) atoms. The van der Waals surface area contributed by atoms with E-state index in [-0.39, 0.29) is 11.9 Å². The highest BCUT2D eigenvalue weighted by Crippen LogP contribution is 2.15. The zero-order valence-corrected chi connectivity index (χ0v) is 12.4. The number of aryl methyl sites for hydroxylation is 1. The van der Waals surface area contributed by atoms with Gasteiger partial charge in [0.1, 0.15) is 0 Å². The van der Waals surface area contributed by atoms with Crippen molar-refractivity contribution in [1.82, 2.24) is 20.0 Å². The van der Waals surface area contributed by atoms with Crippen molar-refractivity contribution in [3.63, 3.8) is 0 Å². The maximum atomic E-state index is 12.6. The molecule has 5 heteroatoms. The van der Waals surface area contributed by atoms with Crippen LogP contribution in [0.1, 0.15) is 22.6 Å². The summed E-state index contributed by atoms with van der Waals surface area (Å²) in [5, 5.41) is 7.76. The number of hydrogen-bond acceptors (Lipinski definition) is 3. The van der Waals surface area contributed by atoms with Gasteiger partial charge in [0.05, 0.1) is 5.69 Å². The Kier molecular flexibility index (Phi) is 3.75. The summed E-state index contributed by atoms with van der Waals surface area (Å²) in [5.41, 5.74) is 2.44. The van der Waals surface area contributed by atoms with Crippen molar-refractivity contribution in [2.75, 3.05) is 20.1 Å². The van der Waals surface area contributed by atoms with Crippen molar-refractivity contribution in [2.45, 2.75) is 19.4 Å². The monoisotopic (exact) mass is 284 g/mol. The first-order valence-corrected chi connectivity index (χ1v) is 7.27. The van der Waals surface area contributed by atoms with Gasteiger partial charge in [0.2, 0.25) is 0 Å². The lowest BCUT2D eigenvalue weighted by Gasteiger charge is -2.22. The molecule has 0 radical (unpaired) electrons. The van der Waals surface area contributed by atoms with E-state index in [1.54, 1.807) is 4.90 Å². The van der Waals surface area contributed by atoms with Crippen molar-refractivity contribution in [3.8, 4) is 5.69 Å². The number of para-hydroxylation sites is 1. The van der Waals surface area contributed by atoms with E-state index < -0.39 is 0 Å². The van der Waals surface area contributed by atoms with Gasteiger partial charge in [0.25, 0.3) is 5.91 Å². The Balaban J connectivity index is 1.85. The van der Waals surface area contributed by atoms with Crippen molar-refractivity contribution in [2.24, 2.45) is 0 Å². The highest BCUT2D eigenvalue weighted by atomic mass is 16.2. The first-order chi connectivity index (χ1) is 10.2. The quantitative estimate of drug-likeness (QED) is 0.931. The number of carbonyl (C=O) groups is 1. The topological polar surface area (TPSA) is 50.2 Å². The minimum Gasteiger partial charge on any atom is -0.336 e. The number of amides is 1. The van der Waals surface area contributed by atoms with E-state index in [2.05, 4.69) is 10.4 Å². The van der Waals surface area contributed by atoms with Crippen LogP contribution >= 0.6 is 0 Å². The summed E-state index contributed by atoms with van der Waals surface area (Å²) in [6.45, 7) is 3.80. The molecule has 0 aliphatic carbocycles. The molecular weight excluding hydrogens is 264 g/mol. The Bertz CT molecular complexity index is 629. The number of benzene rings is 1. The summed E-state index contributed by atoms with van der Waals surface area (Å²) < 4.78 is 1.81. The maximum absolute atomic E-state index is 12.6. The highest BCUT2D eigenvalue weighted by Gasteiger charge is 2.25. The molecule has 1 fully saturated rings. The fourth-order valence-corrected chi connectivity index (χ4v) is 2.73. The number of carbonyl (C=O) groups excluding carboxylic acids is 1. The molecule has 1 aromatic carbocycles. The van der Waals surface area contributed by atoms with Crippen LogP contribution < -0.4 is 5.32 Å². The lowest BCUT2D eigenvalue weighted by molar-refractivity contribution is 0.0737. The predicted octanol–water partition coefficient (Wildman–Crippen LogP) is 1.61. The van der Waals surface area contributed by atoms with Crippen LogP contribution in [0.3, 0.4) is 0 Å². The molecule has 1 atom stereocenters. The van der Waals surface area contributed by atoms with Gasteiger partial charge in [0, 0.05) is 25.3 Å². The third-order valence-corrected chi connectivity index (χ3v) is 4.01. The Hall–Kier alpha value is -2.14. The van der Waals surface area contributed by atoms with E-state index in [1.165, 1.54) is 0 Å². The summed E-state index contributed by atoms with van der Waals surface area (Å²) in [6.07, 6.45) is 1.00. The van der Waals surface area contributed by atoms with Gasteiger partial charge in [-0.3, -0.25) is 4.79 Å². The van der Waals surface area contributed by atoms with Gasteiger partial charge in [-0.05, 0) is 38.1 Å². The van der Waals surface area contributed by atoms with Gasteiger partial charge in [-0.15, -0.1) is 0 Å². The first kappa shape index (κ1) is 13.8. The van der Waals surface area contributed by atoms with Gasteiger partial charge in [-0.25, -0.2) is 4.68 Å². The summed E-state index contributed by atoms with van der Waals surface area (Å²) in [5.74, 6) is -0.0125. The molecule has 110 valence electrons. The molecule has 0 spiro atoms. The summed E-state index contributed by atoms with van der Waals surface area (Å²) in [4.78, 5) is 14.4. The van der Waals surface area contributed by atoms with Gasteiger partial charge in [0.15, 0.2) is 5.69 Å². The molecule has 1 aliphatic rings. The SMILES string of the molecule is Cc1cc(C(=O)N(C)C2CCNC2)nn1-c1ccccc1. The molecule has 2 heterocycles. The van der Waals surface area contributed by atoms with E-state index in [0.717, 1.165) is 30.9 Å². The minimum absolute atomic E-state index is 0.0125. The number of hydrogen-bond donors (Lipinski definition) is 1. The predicted molar refractivity (Wildman–Crippen MR) is 81.7 cm³/mol. The van der Waals surface area contributed by atoms with Crippen LogP contribution in [0.2, 0.25) is 0 Å². The fraction of sp³-hybridized carbons (Fsp3) is 0.375. The average molecular weight is 284 g/mol. The third-order valence-electron chi connectivity index (χ3n) is 4.01. The first-order valence-electron chi connectivity index (χ1n) is 7.27. The van der Waals surface area contributed by atoms with Crippen LogP contribution in [0.5, 0.6) is 0 Å². The summed E-state index contributed by atoms with van der Waals surface area (Å²) in [7, 11) is 1.86. The second kappa shape index (κ2) is 5.69. The molecule has 0 saturated carbocycles. The van der Waals surface area contributed by atoms with E-state index >= 15 is 0 Å². The van der Waals surface area contributed by atoms with Crippen molar-refractivity contribution >= 4 is 5.91 Å². The standard InChI is InChI=1S/C16H20N4O/c1-12-10-15(16(21)19(2)14-8-9-17-11-14)18-20(12)13-6-4-3-5-7-13/h3-7,10,14,17H,8-9,11H2,1-2H3. The van der Waals surface area contributed by atoms with Gasteiger partial charge < -0.3 is 10.2 Å². The number of aromatic nitrogens is 2. The number of nitrogens with one attached hydrogen (secondary N) is 1. The lowest BCUT2D eigenvalue weighted by atomic mass is 10.2. The van der Waals surface area contributed by atoms with Crippen molar-refractivity contribution < 1.29 is 4.79 Å². The van der Waals surface area contributed by atoms with E-state index in [1.807, 2.05) is 55.1 Å². The third kappa shape index (κ3) is 2.69. The zero-order chi connectivity index (χ0) is 14.8. The zero-order valence-electron chi connectivity index (χ0n) is 12.4. The van der Waals surface area contributed by atoms with Gasteiger partial charge >= 0.3 is 0 Å². The molecule has 1 unspecified atom stereocenters. The molecule has 2 aromatic rings. The second-order valence-corrected chi connectivity index (χ2v) is 5.48. The molecule has 5 nitrogen and oxygen atoms in total. The molecule has 1 amide bonds. The molecule has 0 bridgehead atoms. The van der Waals surface area contributed by atoms with Crippen LogP contribution in [-0.4, -0.2) is 46.8 Å². The minimum atomic E-state index is -0.0125. The van der Waals surface area contributed by atoms with Gasteiger partial charge in [-0.1, -0.05) is 18.2 Å². The Morgan fingerprint density at radius 2 is 2.14 bits per heavy atom. The largest absolute Gasteiger partial charge is 0.336 e. The van der Waals surface area contributed by atoms with Crippen molar-refractivity contribution in [3.05, 3.63) is 47.8 Å². The lowest BCUT2D eigenvalue weighted by Crippen LogP contribution is -2.38. The molecule has 1 aromatic heterocycles. The Morgan fingerprint density at radius 3 is 2.81 bits per heavy atom. The molecule has 3 rings (SSSR count). The number of likely N-dealkylation sites (N-methyl/N-ethyl adjacent to an activating group) is 1. The number of rotatable bonds is 3. The average Bonchev–Trinajstić information content (AvgIpc) is 3.16. The van der Waals surface area contributed by atoms with E-state index in [0.29, 0.717) is 5.69 Å². The Labute approximate surface area is 124 Å². The smallest absolute Gasteiger partial charge is 0.274 e. The number of nitrogens with zero attached hydrogens (tertiary/aromatic N) is 3. The molecular formula is C16H20N4O. The fourth-order valence-electron chi connectivity index (χ4n) is 2.73. The van der Waals surface area contributed by atoms with Crippen LogP contribution in [0.25, 0.3) is 5.69 Å². The Morgan fingerprint density at radius 1 is 1.38 bits per heavy atom. The van der Waals surface area contributed by atoms with Crippen molar-refractivity contribution in [1.29, 1.82) is 0 Å². The van der Waals surface area contributed by atoms with E-state index in [4.69, 9.17) is 0 Å². The molecule has 1 aliphatic heterocycles. The summed E-state index contributed by atoms with van der Waals surface area (Å²) >= 11 is 0. The van der Waals surface area contributed by atoms with Crippen LogP contribution in [0.15, 0.2) is 36.4 Å². The highest BCUT2D eigenvalue weighted by molar-refractivity contribution is 5.92. The van der Waals surface area contributed by atoms with Crippen LogP contribution in [0.4, 0.5) is 0 Å². The van der Waals surface area contributed by atoms with Gasteiger partial charge in [-0.2, -0.15) is 5.10 Å². The maximum Gasteiger partial charge on any atom is 0.274 e. The van der Waals surface area contributed by atoms with Crippen LogP contribution in [0, 0.1) is 6.92 Å². The molecule has 1 N–H and O–H groups in total. The van der Waals surface area contributed by atoms with Crippen LogP contribution in [-0.2, 0) is 0 Å². The molecule has 1 saturated heterocycles. The summed E-state index contributed by atoms with van der Waals surface area (Å²) in [6, 6.07) is 12.0. The van der Waals surface area contributed by atoms with E-state index in [9.17, 15) is 4.79 Å².